The van der Waals surface area contributed by atoms with Crippen molar-refractivity contribution in [3.63, 3.8) is 0 Å². The Morgan fingerprint density at radius 2 is 1.71 bits per heavy atom. The minimum atomic E-state index is -4.07. The standard InChI is InChI=1S/C24H21ClN2O3S/c1-16-7-10-18(11-8-16)15-27-22-6-4-3-5-20(22)24(28)23(31(27,29)30)14-26-19-12-9-17(2)21(25)13-19/h3-14,26H,15H2,1-2H3. The third-order valence-corrected chi connectivity index (χ3v) is 7.37. The van der Waals surface area contributed by atoms with E-state index >= 15 is 0 Å². The van der Waals surface area contributed by atoms with E-state index in [0.717, 1.165) is 16.7 Å². The van der Waals surface area contributed by atoms with Crippen LogP contribution >= 0.6 is 11.6 Å². The summed E-state index contributed by atoms with van der Waals surface area (Å²) in [7, 11) is -4.07. The normalized spacial score (nSPS) is 16.3. The van der Waals surface area contributed by atoms with E-state index in [9.17, 15) is 13.2 Å². The summed E-state index contributed by atoms with van der Waals surface area (Å²) in [6.45, 7) is 3.97. The fraction of sp³-hybridized carbons (Fsp3) is 0.125. The molecule has 3 aromatic carbocycles. The lowest BCUT2D eigenvalue weighted by Crippen LogP contribution is -2.39. The third kappa shape index (κ3) is 4.09. The number of carbonyl (C=O) groups is 1. The summed E-state index contributed by atoms with van der Waals surface area (Å²) in [5.41, 5.74) is 4.14. The second-order valence-electron chi connectivity index (χ2n) is 7.46. The lowest BCUT2D eigenvalue weighted by atomic mass is 10.1. The highest BCUT2D eigenvalue weighted by Crippen LogP contribution is 2.36. The molecule has 1 heterocycles. The van der Waals surface area contributed by atoms with Crippen LogP contribution in [0.25, 0.3) is 0 Å². The van der Waals surface area contributed by atoms with E-state index < -0.39 is 15.8 Å². The highest BCUT2D eigenvalue weighted by Gasteiger charge is 2.40. The first-order valence-electron chi connectivity index (χ1n) is 9.72. The van der Waals surface area contributed by atoms with Crippen LogP contribution in [0.1, 0.15) is 27.0 Å². The molecule has 3 aromatic rings. The van der Waals surface area contributed by atoms with Crippen molar-refractivity contribution in [3.8, 4) is 0 Å². The Morgan fingerprint density at radius 3 is 2.42 bits per heavy atom. The molecule has 0 saturated carbocycles. The van der Waals surface area contributed by atoms with Crippen LogP contribution in [0, 0.1) is 13.8 Å². The first-order chi connectivity index (χ1) is 14.8. The predicted molar refractivity (Wildman–Crippen MR) is 125 cm³/mol. The summed E-state index contributed by atoms with van der Waals surface area (Å²) in [6.07, 6.45) is 1.25. The molecular formula is C24H21ClN2O3S. The van der Waals surface area contributed by atoms with Gasteiger partial charge in [-0.05, 0) is 49.2 Å². The van der Waals surface area contributed by atoms with Gasteiger partial charge in [0.1, 0.15) is 0 Å². The van der Waals surface area contributed by atoms with Gasteiger partial charge in [-0.25, -0.2) is 8.42 Å². The first kappa shape index (κ1) is 21.2. The van der Waals surface area contributed by atoms with Crippen molar-refractivity contribution in [2.75, 3.05) is 9.62 Å². The number of halogens is 1. The molecule has 1 aliphatic heterocycles. The van der Waals surface area contributed by atoms with E-state index in [2.05, 4.69) is 5.32 Å². The molecule has 0 spiro atoms. The SMILES string of the molecule is Cc1ccc(CN2c3ccccc3C(=O)C(=CNc3ccc(C)c(Cl)c3)S2(=O)=O)cc1. The van der Waals surface area contributed by atoms with Gasteiger partial charge in [-0.1, -0.05) is 59.6 Å². The Morgan fingerprint density at radius 1 is 1.00 bits per heavy atom. The zero-order valence-corrected chi connectivity index (χ0v) is 18.7. The first-order valence-corrected chi connectivity index (χ1v) is 11.5. The molecule has 0 fully saturated rings. The van der Waals surface area contributed by atoms with Gasteiger partial charge in [-0.15, -0.1) is 0 Å². The van der Waals surface area contributed by atoms with E-state index in [1.54, 1.807) is 36.4 Å². The minimum absolute atomic E-state index is 0.126. The number of benzene rings is 3. The average Bonchev–Trinajstić information content (AvgIpc) is 2.75. The van der Waals surface area contributed by atoms with Crippen LogP contribution in [0.2, 0.25) is 5.02 Å². The molecule has 0 saturated heterocycles. The second kappa shape index (κ2) is 8.21. The number of hydrogen-bond donors (Lipinski definition) is 1. The lowest BCUT2D eigenvalue weighted by molar-refractivity contribution is 0.104. The van der Waals surface area contributed by atoms with Crippen LogP contribution in [-0.4, -0.2) is 14.2 Å². The van der Waals surface area contributed by atoms with E-state index in [1.807, 2.05) is 44.2 Å². The maximum atomic E-state index is 13.5. The Kier molecular flexibility index (Phi) is 5.60. The average molecular weight is 453 g/mol. The van der Waals surface area contributed by atoms with Gasteiger partial charge < -0.3 is 5.32 Å². The van der Waals surface area contributed by atoms with Crippen LogP contribution in [0.3, 0.4) is 0 Å². The number of hydrogen-bond acceptors (Lipinski definition) is 4. The summed E-state index contributed by atoms with van der Waals surface area (Å²) in [6, 6.07) is 19.7. The highest BCUT2D eigenvalue weighted by atomic mass is 35.5. The highest BCUT2D eigenvalue weighted by molar-refractivity contribution is 7.97. The number of ketones is 1. The molecule has 0 aliphatic carbocycles. The number of nitrogens with zero attached hydrogens (tertiary/aromatic N) is 1. The Bertz CT molecular complexity index is 1300. The van der Waals surface area contributed by atoms with Gasteiger partial charge in [0.25, 0.3) is 10.0 Å². The van der Waals surface area contributed by atoms with Crippen LogP contribution in [0.5, 0.6) is 0 Å². The van der Waals surface area contributed by atoms with Gasteiger partial charge >= 0.3 is 0 Å². The molecule has 0 radical (unpaired) electrons. The molecular weight excluding hydrogens is 432 g/mol. The van der Waals surface area contributed by atoms with Crippen LogP contribution < -0.4 is 9.62 Å². The van der Waals surface area contributed by atoms with Gasteiger partial charge in [0.2, 0.25) is 5.78 Å². The third-order valence-electron chi connectivity index (χ3n) is 5.20. The van der Waals surface area contributed by atoms with Crippen molar-refractivity contribution >= 4 is 38.8 Å². The number of carbonyl (C=O) groups excluding carboxylic acids is 1. The summed E-state index contributed by atoms with van der Waals surface area (Å²) in [5, 5.41) is 3.47. The van der Waals surface area contributed by atoms with Crippen molar-refractivity contribution in [2.24, 2.45) is 0 Å². The van der Waals surface area contributed by atoms with Gasteiger partial charge in [0, 0.05) is 22.5 Å². The van der Waals surface area contributed by atoms with E-state index in [0.29, 0.717) is 22.0 Å². The van der Waals surface area contributed by atoms with Gasteiger partial charge in [-0.2, -0.15) is 0 Å². The molecule has 0 bridgehead atoms. The Labute approximate surface area is 187 Å². The van der Waals surface area contributed by atoms with Crippen LogP contribution in [0.4, 0.5) is 11.4 Å². The number of nitrogens with one attached hydrogen (secondary N) is 1. The van der Waals surface area contributed by atoms with Crippen molar-refractivity contribution in [1.29, 1.82) is 0 Å². The number of fused-ring (bicyclic) bond motifs is 1. The Balaban J connectivity index is 1.76. The van der Waals surface area contributed by atoms with Crippen LogP contribution in [-0.2, 0) is 16.6 Å². The van der Waals surface area contributed by atoms with Gasteiger partial charge in [0.05, 0.1) is 12.2 Å². The van der Waals surface area contributed by atoms with Gasteiger partial charge in [-0.3, -0.25) is 9.10 Å². The smallest absolute Gasteiger partial charge is 0.270 e. The topological polar surface area (TPSA) is 66.5 Å². The molecule has 1 N–H and O–H groups in total. The molecule has 0 amide bonds. The molecule has 0 unspecified atom stereocenters. The molecule has 158 valence electrons. The summed E-state index contributed by atoms with van der Waals surface area (Å²) in [5.74, 6) is -0.540. The summed E-state index contributed by atoms with van der Waals surface area (Å²) in [4.78, 5) is 12.8. The predicted octanol–water partition coefficient (Wildman–Crippen LogP) is 5.44. The number of allylic oxidation sites excluding steroid dienone is 1. The quantitative estimate of drug-likeness (QED) is 0.535. The number of para-hydroxylation sites is 1. The molecule has 0 atom stereocenters. The molecule has 0 aromatic heterocycles. The van der Waals surface area contributed by atoms with E-state index in [-0.39, 0.29) is 11.4 Å². The number of Topliss-reactive ketones (excluding diaryl/α,β-unsaturated/α-hetero) is 1. The van der Waals surface area contributed by atoms with Crippen LogP contribution in [0.15, 0.2) is 77.8 Å². The Hall–Kier alpha value is -3.09. The van der Waals surface area contributed by atoms with Crippen molar-refractivity contribution in [3.05, 3.63) is 105 Å². The number of aryl methyl sites for hydroxylation is 2. The lowest BCUT2D eigenvalue weighted by Gasteiger charge is -2.31. The number of sulfonamides is 1. The molecule has 5 nitrogen and oxygen atoms in total. The van der Waals surface area contributed by atoms with E-state index in [1.165, 1.54) is 10.5 Å². The minimum Gasteiger partial charge on any atom is -0.360 e. The summed E-state index contributed by atoms with van der Waals surface area (Å²) >= 11 is 6.16. The van der Waals surface area contributed by atoms with Crippen molar-refractivity contribution < 1.29 is 13.2 Å². The van der Waals surface area contributed by atoms with Gasteiger partial charge in [0.15, 0.2) is 4.91 Å². The molecule has 31 heavy (non-hydrogen) atoms. The summed E-state index contributed by atoms with van der Waals surface area (Å²) < 4.78 is 28.2. The maximum absolute atomic E-state index is 13.5. The number of anilines is 2. The fourth-order valence-electron chi connectivity index (χ4n) is 3.38. The zero-order valence-electron chi connectivity index (χ0n) is 17.1. The maximum Gasteiger partial charge on any atom is 0.270 e. The molecule has 1 aliphatic rings. The number of rotatable bonds is 4. The van der Waals surface area contributed by atoms with E-state index in [4.69, 9.17) is 11.6 Å². The largest absolute Gasteiger partial charge is 0.360 e. The fourth-order valence-corrected chi connectivity index (χ4v) is 5.09. The second-order valence-corrected chi connectivity index (χ2v) is 9.70. The van der Waals surface area contributed by atoms with Crippen molar-refractivity contribution in [1.82, 2.24) is 0 Å². The molecule has 7 heteroatoms. The zero-order chi connectivity index (χ0) is 22.2. The molecule has 4 rings (SSSR count). The van der Waals surface area contributed by atoms with Crippen molar-refractivity contribution in [2.45, 2.75) is 20.4 Å². The monoisotopic (exact) mass is 452 g/mol.